The third-order valence-corrected chi connectivity index (χ3v) is 5.26. The number of nitrogens with zero attached hydrogens (tertiary/aromatic N) is 3. The molecule has 1 heterocycles. The fraction of sp³-hybridized carbons (Fsp3) is 0.444. The number of anilines is 1. The van der Waals surface area contributed by atoms with E-state index in [4.69, 9.17) is 0 Å². The summed E-state index contributed by atoms with van der Waals surface area (Å²) < 4.78 is 25.9. The number of fused-ring (bicyclic) bond motifs is 1. The highest BCUT2D eigenvalue weighted by Crippen LogP contribution is 2.26. The molecule has 0 fully saturated rings. The van der Waals surface area contributed by atoms with Crippen LogP contribution in [0.4, 0.5) is 5.69 Å². The van der Waals surface area contributed by atoms with Crippen molar-refractivity contribution in [1.29, 1.82) is 0 Å². The molecule has 0 radical (unpaired) electrons. The number of para-hydroxylation sites is 1. The maximum absolute atomic E-state index is 12.3. The summed E-state index contributed by atoms with van der Waals surface area (Å²) in [5.74, 6) is -0.0599. The predicted molar refractivity (Wildman–Crippen MR) is 101 cm³/mol. The van der Waals surface area contributed by atoms with Crippen LogP contribution in [0.2, 0.25) is 0 Å². The van der Waals surface area contributed by atoms with E-state index in [9.17, 15) is 13.2 Å². The van der Waals surface area contributed by atoms with E-state index < -0.39 is 10.0 Å². The average molecular weight is 363 g/mol. The molecule has 0 saturated carbocycles. The molecular weight excluding hydrogens is 338 g/mol. The standard InChI is InChI=1S/C18H25N3O3S/c1-4-5-13-20(2)17(22)11-14-21(25(3,23)24)16-10-6-8-15-9-7-12-19-18(15)16/h6-10,12H,4-5,11,13-14H2,1-3H3. The van der Waals surface area contributed by atoms with Gasteiger partial charge in [0.2, 0.25) is 15.9 Å². The van der Waals surface area contributed by atoms with E-state index in [0.29, 0.717) is 17.7 Å². The number of rotatable bonds is 8. The highest BCUT2D eigenvalue weighted by Gasteiger charge is 2.22. The molecule has 0 atom stereocenters. The summed E-state index contributed by atoms with van der Waals surface area (Å²) in [6.07, 6.45) is 4.87. The van der Waals surface area contributed by atoms with Gasteiger partial charge in [-0.15, -0.1) is 0 Å². The first kappa shape index (κ1) is 19.2. The Morgan fingerprint density at radius 1 is 1.16 bits per heavy atom. The lowest BCUT2D eigenvalue weighted by Gasteiger charge is -2.24. The molecule has 6 nitrogen and oxygen atoms in total. The van der Waals surface area contributed by atoms with Crippen LogP contribution in [0.15, 0.2) is 36.5 Å². The first-order valence-corrected chi connectivity index (χ1v) is 10.2. The van der Waals surface area contributed by atoms with E-state index in [1.165, 1.54) is 4.31 Å². The molecule has 0 aliphatic carbocycles. The Balaban J connectivity index is 2.24. The maximum atomic E-state index is 12.3. The number of hydrogen-bond acceptors (Lipinski definition) is 4. The van der Waals surface area contributed by atoms with Crippen LogP contribution in [0, 0.1) is 0 Å². The van der Waals surface area contributed by atoms with Crippen molar-refractivity contribution < 1.29 is 13.2 Å². The van der Waals surface area contributed by atoms with Crippen LogP contribution in [0.1, 0.15) is 26.2 Å². The van der Waals surface area contributed by atoms with Gasteiger partial charge < -0.3 is 4.90 Å². The van der Waals surface area contributed by atoms with Crippen LogP contribution in [-0.4, -0.2) is 50.6 Å². The van der Waals surface area contributed by atoms with Gasteiger partial charge in [0.25, 0.3) is 0 Å². The second-order valence-corrected chi connectivity index (χ2v) is 8.01. The van der Waals surface area contributed by atoms with E-state index in [2.05, 4.69) is 11.9 Å². The highest BCUT2D eigenvalue weighted by atomic mass is 32.2. The number of aromatic nitrogens is 1. The SMILES string of the molecule is CCCCN(C)C(=O)CCN(c1cccc2cccnc12)S(C)(=O)=O. The molecule has 0 saturated heterocycles. The van der Waals surface area contributed by atoms with Crippen LogP contribution in [0.5, 0.6) is 0 Å². The van der Waals surface area contributed by atoms with Crippen molar-refractivity contribution in [2.45, 2.75) is 26.2 Å². The number of sulfonamides is 1. The lowest BCUT2D eigenvalue weighted by atomic mass is 10.2. The Morgan fingerprint density at radius 3 is 2.56 bits per heavy atom. The minimum atomic E-state index is -3.53. The molecule has 0 aliphatic rings. The Bertz CT molecular complexity index is 831. The van der Waals surface area contributed by atoms with Gasteiger partial charge in [-0.1, -0.05) is 31.5 Å². The third kappa shape index (κ3) is 4.92. The number of benzene rings is 1. The quantitative estimate of drug-likeness (QED) is 0.723. The fourth-order valence-electron chi connectivity index (χ4n) is 2.66. The fourth-order valence-corrected chi connectivity index (χ4v) is 3.59. The first-order valence-electron chi connectivity index (χ1n) is 8.40. The molecule has 0 aliphatic heterocycles. The van der Waals surface area contributed by atoms with Gasteiger partial charge in [-0.3, -0.25) is 14.1 Å². The zero-order valence-electron chi connectivity index (χ0n) is 15.0. The molecule has 2 aromatic rings. The van der Waals surface area contributed by atoms with Crippen LogP contribution >= 0.6 is 0 Å². The second-order valence-electron chi connectivity index (χ2n) is 6.11. The Kier molecular flexibility index (Phi) is 6.36. The molecule has 2 rings (SSSR count). The van der Waals surface area contributed by atoms with Gasteiger partial charge in [-0.05, 0) is 18.6 Å². The van der Waals surface area contributed by atoms with Crippen LogP contribution in [0.3, 0.4) is 0 Å². The van der Waals surface area contributed by atoms with E-state index in [1.807, 2.05) is 18.2 Å². The summed E-state index contributed by atoms with van der Waals surface area (Å²) in [6.45, 7) is 2.85. The number of carbonyl (C=O) groups is 1. The lowest BCUT2D eigenvalue weighted by Crippen LogP contribution is -2.35. The van der Waals surface area contributed by atoms with E-state index in [0.717, 1.165) is 24.5 Å². The molecular formula is C18H25N3O3S. The number of amides is 1. The largest absolute Gasteiger partial charge is 0.346 e. The van der Waals surface area contributed by atoms with Crippen molar-refractivity contribution in [2.24, 2.45) is 0 Å². The zero-order chi connectivity index (χ0) is 18.4. The van der Waals surface area contributed by atoms with E-state index in [-0.39, 0.29) is 18.9 Å². The summed E-state index contributed by atoms with van der Waals surface area (Å²) in [4.78, 5) is 18.2. The van der Waals surface area contributed by atoms with Crippen molar-refractivity contribution in [2.75, 3.05) is 30.7 Å². The number of pyridine rings is 1. The molecule has 0 bridgehead atoms. The van der Waals surface area contributed by atoms with Crippen LogP contribution in [0.25, 0.3) is 10.9 Å². The average Bonchev–Trinajstić information content (AvgIpc) is 2.58. The molecule has 25 heavy (non-hydrogen) atoms. The summed E-state index contributed by atoms with van der Waals surface area (Å²) in [7, 11) is -1.77. The molecule has 0 spiro atoms. The molecule has 7 heteroatoms. The van der Waals surface area contributed by atoms with Crippen molar-refractivity contribution in [3.8, 4) is 0 Å². The van der Waals surface area contributed by atoms with E-state index in [1.54, 1.807) is 30.3 Å². The van der Waals surface area contributed by atoms with Crippen LogP contribution < -0.4 is 4.31 Å². The topological polar surface area (TPSA) is 70.6 Å². The maximum Gasteiger partial charge on any atom is 0.232 e. The van der Waals surface area contributed by atoms with Crippen molar-refractivity contribution in [3.63, 3.8) is 0 Å². The predicted octanol–water partition coefficient (Wildman–Crippen LogP) is 2.65. The second kappa shape index (κ2) is 8.29. The minimum Gasteiger partial charge on any atom is -0.346 e. The van der Waals surface area contributed by atoms with Gasteiger partial charge in [0.05, 0.1) is 17.5 Å². The Morgan fingerprint density at radius 2 is 1.88 bits per heavy atom. The molecule has 0 unspecified atom stereocenters. The number of carbonyl (C=O) groups excluding carboxylic acids is 1. The summed E-state index contributed by atoms with van der Waals surface area (Å²) >= 11 is 0. The summed E-state index contributed by atoms with van der Waals surface area (Å²) in [5, 5.41) is 0.861. The summed E-state index contributed by atoms with van der Waals surface area (Å²) in [5.41, 5.74) is 1.12. The van der Waals surface area contributed by atoms with Gasteiger partial charge in [0, 0.05) is 38.1 Å². The monoisotopic (exact) mass is 363 g/mol. The normalized spacial score (nSPS) is 11.5. The van der Waals surface area contributed by atoms with E-state index >= 15 is 0 Å². The highest BCUT2D eigenvalue weighted by molar-refractivity contribution is 7.92. The number of hydrogen-bond donors (Lipinski definition) is 0. The lowest BCUT2D eigenvalue weighted by molar-refractivity contribution is -0.129. The van der Waals surface area contributed by atoms with Crippen molar-refractivity contribution >= 4 is 32.5 Å². The molecule has 1 aromatic heterocycles. The minimum absolute atomic E-state index is 0.0599. The van der Waals surface area contributed by atoms with Crippen molar-refractivity contribution in [1.82, 2.24) is 9.88 Å². The van der Waals surface area contributed by atoms with Gasteiger partial charge in [-0.25, -0.2) is 8.42 Å². The Hall–Kier alpha value is -2.15. The Labute approximate surface area is 149 Å². The zero-order valence-corrected chi connectivity index (χ0v) is 15.8. The van der Waals surface area contributed by atoms with Gasteiger partial charge >= 0.3 is 0 Å². The van der Waals surface area contributed by atoms with Gasteiger partial charge in [-0.2, -0.15) is 0 Å². The smallest absolute Gasteiger partial charge is 0.232 e. The third-order valence-electron chi connectivity index (χ3n) is 4.08. The first-order chi connectivity index (χ1) is 11.8. The van der Waals surface area contributed by atoms with Gasteiger partial charge in [0.1, 0.15) is 0 Å². The van der Waals surface area contributed by atoms with Crippen LogP contribution in [-0.2, 0) is 14.8 Å². The molecule has 1 amide bonds. The number of unbranched alkanes of at least 4 members (excludes halogenated alkanes) is 1. The summed E-state index contributed by atoms with van der Waals surface area (Å²) in [6, 6.07) is 9.10. The van der Waals surface area contributed by atoms with Crippen molar-refractivity contribution in [3.05, 3.63) is 36.5 Å². The van der Waals surface area contributed by atoms with Gasteiger partial charge in [0.15, 0.2) is 0 Å². The molecule has 0 N–H and O–H groups in total. The molecule has 136 valence electrons. The molecule has 1 aromatic carbocycles.